The number of halogens is 3. The van der Waals surface area contributed by atoms with E-state index < -0.39 is 0 Å². The first-order valence-corrected chi connectivity index (χ1v) is 7.93. The van der Waals surface area contributed by atoms with Crippen molar-refractivity contribution in [2.45, 2.75) is 39.8 Å². The molecule has 2 aliphatic heterocycles. The summed E-state index contributed by atoms with van der Waals surface area (Å²) in [5, 5.41) is 0. The van der Waals surface area contributed by atoms with Crippen molar-refractivity contribution >= 4 is 11.8 Å². The fraction of sp³-hybridized carbons (Fsp3) is 0.588. The fourth-order valence-corrected chi connectivity index (χ4v) is 2.42. The van der Waals surface area contributed by atoms with Crippen LogP contribution in [-0.2, 0) is 9.47 Å². The van der Waals surface area contributed by atoms with Gasteiger partial charge in [-0.2, -0.15) is 0 Å². The van der Waals surface area contributed by atoms with Crippen LogP contribution in [0.2, 0.25) is 0 Å². The van der Waals surface area contributed by atoms with E-state index in [1.165, 1.54) is 0 Å². The van der Waals surface area contributed by atoms with Crippen molar-refractivity contribution in [3.63, 3.8) is 0 Å². The first kappa shape index (κ1) is 28.5. The van der Waals surface area contributed by atoms with Crippen LogP contribution in [0.15, 0.2) is 28.2 Å². The van der Waals surface area contributed by atoms with Gasteiger partial charge in [0.2, 0.25) is 11.8 Å². The van der Waals surface area contributed by atoms with Gasteiger partial charge in [0.05, 0.1) is 12.1 Å². The third kappa shape index (κ3) is 6.73. The summed E-state index contributed by atoms with van der Waals surface area (Å²) in [6.45, 7) is 9.86. The van der Waals surface area contributed by atoms with Crippen LogP contribution >= 0.6 is 0 Å². The molecular weight excluding hydrogens is 529 g/mol. The van der Waals surface area contributed by atoms with Crippen LogP contribution in [0.3, 0.4) is 0 Å². The van der Waals surface area contributed by atoms with E-state index in [1.807, 2.05) is 18.2 Å². The van der Waals surface area contributed by atoms with Crippen LogP contribution in [0.25, 0.3) is 0 Å². The number of hydrogen-bond acceptors (Lipinski definition) is 5. The smallest absolute Gasteiger partial charge is 1.00 e. The molecule has 1 radical (unpaired) electrons. The second-order valence-corrected chi connectivity index (χ2v) is 6.52. The zero-order valence-electron chi connectivity index (χ0n) is 15.2. The van der Waals surface area contributed by atoms with E-state index in [1.54, 1.807) is 0 Å². The van der Waals surface area contributed by atoms with Crippen molar-refractivity contribution in [2.75, 3.05) is 13.2 Å². The Hall–Kier alpha value is 0.311. The number of rotatable bonds is 4. The molecule has 0 spiro atoms. The molecule has 0 saturated carbocycles. The van der Waals surface area contributed by atoms with Gasteiger partial charge < -0.3 is 46.7 Å². The van der Waals surface area contributed by atoms with Crippen molar-refractivity contribution < 1.29 is 87.5 Å². The molecule has 9 heteroatoms. The van der Waals surface area contributed by atoms with Crippen LogP contribution in [0.4, 0.5) is 0 Å². The molecule has 5 nitrogen and oxygen atoms in total. The average Bonchev–Trinajstić information content (AvgIpc) is 3.17. The summed E-state index contributed by atoms with van der Waals surface area (Å²) in [5.74, 6) is 2.18. The summed E-state index contributed by atoms with van der Waals surface area (Å²) >= 11 is 0. The van der Waals surface area contributed by atoms with Gasteiger partial charge >= 0.3 is 40.8 Å². The Kier molecular flexibility index (Phi) is 13.9. The van der Waals surface area contributed by atoms with Gasteiger partial charge in [0, 0.05) is 0 Å². The molecule has 3 heterocycles. The van der Waals surface area contributed by atoms with Gasteiger partial charge in [-0.25, -0.2) is 15.0 Å². The SMILES string of the molecule is CC(C)[C@@H]1COC(c2cccc(C3=N[C@H](C(C)C)CO3)n2)=N1.[Cl-].[Cl-].[Cl-].[Nd+3]. The van der Waals surface area contributed by atoms with Crippen LogP contribution in [0, 0.1) is 52.7 Å². The Bertz CT molecular complexity index is 578. The summed E-state index contributed by atoms with van der Waals surface area (Å²) in [5.41, 5.74) is 1.50. The van der Waals surface area contributed by atoms with Crippen molar-refractivity contribution in [2.24, 2.45) is 21.8 Å². The summed E-state index contributed by atoms with van der Waals surface area (Å²) in [4.78, 5) is 13.9. The van der Waals surface area contributed by atoms with Crippen molar-refractivity contribution in [3.05, 3.63) is 29.6 Å². The molecule has 3 rings (SSSR count). The van der Waals surface area contributed by atoms with E-state index in [0.717, 1.165) is 11.4 Å². The van der Waals surface area contributed by atoms with E-state index in [0.29, 0.717) is 36.8 Å². The minimum atomic E-state index is 0. The maximum absolute atomic E-state index is 5.70. The zero-order chi connectivity index (χ0) is 15.7. The molecule has 0 amide bonds. The normalized spacial score (nSPS) is 20.5. The summed E-state index contributed by atoms with van der Waals surface area (Å²) in [6, 6.07) is 6.21. The average molecular weight is 552 g/mol. The quantitative estimate of drug-likeness (QED) is 0.374. The van der Waals surface area contributed by atoms with Gasteiger partial charge in [-0.15, -0.1) is 0 Å². The Morgan fingerprint density at radius 3 is 1.50 bits per heavy atom. The first-order valence-electron chi connectivity index (χ1n) is 7.93. The third-order valence-corrected chi connectivity index (χ3v) is 4.07. The van der Waals surface area contributed by atoms with Crippen LogP contribution in [0.1, 0.15) is 39.1 Å². The molecule has 2 atom stereocenters. The van der Waals surface area contributed by atoms with E-state index in [2.05, 4.69) is 42.7 Å². The predicted molar refractivity (Wildman–Crippen MR) is 86.5 cm³/mol. The van der Waals surface area contributed by atoms with Crippen molar-refractivity contribution in [3.8, 4) is 0 Å². The number of pyridine rings is 1. The minimum Gasteiger partial charge on any atom is -1.00 e. The van der Waals surface area contributed by atoms with Gasteiger partial charge in [-0.05, 0) is 24.0 Å². The number of hydrogen-bond donors (Lipinski definition) is 0. The molecule has 0 unspecified atom stereocenters. The number of nitrogens with zero attached hydrogens (tertiary/aromatic N) is 3. The van der Waals surface area contributed by atoms with Crippen LogP contribution < -0.4 is 37.2 Å². The van der Waals surface area contributed by atoms with Crippen LogP contribution in [-0.4, -0.2) is 42.1 Å². The molecule has 143 valence electrons. The zero-order valence-corrected chi connectivity index (χ0v) is 20.7. The van der Waals surface area contributed by atoms with E-state index in [-0.39, 0.29) is 90.1 Å². The fourth-order valence-electron chi connectivity index (χ4n) is 2.42. The molecule has 26 heavy (non-hydrogen) atoms. The molecule has 0 aliphatic carbocycles. The molecule has 0 fully saturated rings. The first-order chi connectivity index (χ1) is 10.5. The number of ether oxygens (including phenoxy) is 2. The number of aliphatic imine (C=N–C) groups is 2. The Morgan fingerprint density at radius 1 is 0.808 bits per heavy atom. The van der Waals surface area contributed by atoms with Gasteiger partial charge in [0.25, 0.3) is 0 Å². The maximum atomic E-state index is 5.70. The molecule has 0 aromatic carbocycles. The topological polar surface area (TPSA) is 56.1 Å². The second-order valence-electron chi connectivity index (χ2n) is 6.52. The monoisotopic (exact) mass is 548 g/mol. The molecule has 0 N–H and O–H groups in total. The molecule has 1 aromatic rings. The van der Waals surface area contributed by atoms with Crippen molar-refractivity contribution in [1.29, 1.82) is 0 Å². The Balaban J connectivity index is 0. The molecular formula is C17H23Cl3N3NdO2. The Labute approximate surface area is 207 Å². The minimum absolute atomic E-state index is 0. The van der Waals surface area contributed by atoms with E-state index >= 15 is 0 Å². The van der Waals surface area contributed by atoms with Gasteiger partial charge in [-0.1, -0.05) is 33.8 Å². The molecule has 0 bridgehead atoms. The van der Waals surface area contributed by atoms with E-state index in [9.17, 15) is 0 Å². The van der Waals surface area contributed by atoms with Gasteiger partial charge in [0.15, 0.2) is 0 Å². The third-order valence-electron chi connectivity index (χ3n) is 4.07. The maximum Gasteiger partial charge on any atom is 3.00 e. The standard InChI is InChI=1S/C17H23N3O2.3ClH.Nd/c1-10(2)14-8-21-16(19-14)12-6-5-7-13(18-12)17-20-15(9-22-17)11(3)4;;;;/h5-7,10-11,14-15H,8-9H2,1-4H3;3*1H;/q;;;;+3/p-3/t14-,15-;;;;/m0..../s1. The van der Waals surface area contributed by atoms with Gasteiger partial charge in [-0.3, -0.25) is 0 Å². The molecule has 0 saturated heterocycles. The number of aromatic nitrogens is 1. The summed E-state index contributed by atoms with van der Waals surface area (Å²) in [7, 11) is 0. The Morgan fingerprint density at radius 2 is 1.19 bits per heavy atom. The largest absolute Gasteiger partial charge is 3.00 e. The second kappa shape index (κ2) is 12.7. The molecule has 2 aliphatic rings. The van der Waals surface area contributed by atoms with Crippen molar-refractivity contribution in [1.82, 2.24) is 4.98 Å². The van der Waals surface area contributed by atoms with Crippen LogP contribution in [0.5, 0.6) is 0 Å². The molecule has 1 aromatic heterocycles. The summed E-state index contributed by atoms with van der Waals surface area (Å²) < 4.78 is 11.4. The summed E-state index contributed by atoms with van der Waals surface area (Å²) in [6.07, 6.45) is 0. The van der Waals surface area contributed by atoms with E-state index in [4.69, 9.17) is 9.47 Å². The van der Waals surface area contributed by atoms with Gasteiger partial charge in [0.1, 0.15) is 24.6 Å². The predicted octanol–water partition coefficient (Wildman–Crippen LogP) is -6.30.